The number of ether oxygens (including phenoxy) is 1. The molecule has 0 aliphatic heterocycles. The van der Waals surface area contributed by atoms with E-state index in [2.05, 4.69) is 53.8 Å². The summed E-state index contributed by atoms with van der Waals surface area (Å²) in [4.78, 5) is 11.9. The van der Waals surface area contributed by atoms with Crippen LogP contribution >= 0.6 is 0 Å². The lowest BCUT2D eigenvalue weighted by molar-refractivity contribution is -0.147. The minimum absolute atomic E-state index is 0.104. The fraction of sp³-hybridized carbons (Fsp3) is 0.929. The molecule has 17 heavy (non-hydrogen) atoms. The van der Waals surface area contributed by atoms with Crippen LogP contribution in [0.15, 0.2) is 0 Å². The van der Waals surface area contributed by atoms with Gasteiger partial charge >= 0.3 is 5.97 Å². The van der Waals surface area contributed by atoms with Gasteiger partial charge in [-0.1, -0.05) is 27.7 Å². The normalized spacial score (nSPS) is 14.9. The van der Waals surface area contributed by atoms with Gasteiger partial charge in [-0.05, 0) is 38.5 Å². The van der Waals surface area contributed by atoms with Crippen LogP contribution in [0.1, 0.15) is 54.9 Å². The van der Waals surface area contributed by atoms with Crippen molar-refractivity contribution in [3.05, 3.63) is 0 Å². The zero-order chi connectivity index (χ0) is 13.9. The van der Waals surface area contributed by atoms with Crippen LogP contribution < -0.4 is 5.32 Å². The van der Waals surface area contributed by atoms with Gasteiger partial charge in [-0.2, -0.15) is 0 Å². The SMILES string of the molecule is COC(=O)C(NC(C)(C)C)C(C)(C)CC(C)C. The molecule has 0 saturated carbocycles. The summed E-state index contributed by atoms with van der Waals surface area (Å²) < 4.78 is 4.92. The molecule has 3 nitrogen and oxygen atoms in total. The van der Waals surface area contributed by atoms with Crippen molar-refractivity contribution in [2.75, 3.05) is 7.11 Å². The molecule has 0 aromatic heterocycles. The Hall–Kier alpha value is -0.570. The van der Waals surface area contributed by atoms with E-state index in [1.807, 2.05) is 0 Å². The molecule has 1 unspecified atom stereocenters. The molecule has 0 spiro atoms. The van der Waals surface area contributed by atoms with Gasteiger partial charge in [-0.3, -0.25) is 10.1 Å². The van der Waals surface area contributed by atoms with E-state index < -0.39 is 0 Å². The fourth-order valence-corrected chi connectivity index (χ4v) is 2.29. The zero-order valence-electron chi connectivity index (χ0n) is 12.7. The number of nitrogens with one attached hydrogen (secondary N) is 1. The first-order chi connectivity index (χ1) is 7.49. The van der Waals surface area contributed by atoms with Crippen molar-refractivity contribution >= 4 is 5.97 Å². The second-order valence-corrected chi connectivity index (χ2v) is 6.94. The third-order valence-electron chi connectivity index (χ3n) is 2.73. The summed E-state index contributed by atoms with van der Waals surface area (Å²) in [6.45, 7) is 14.8. The fourth-order valence-electron chi connectivity index (χ4n) is 2.29. The van der Waals surface area contributed by atoms with Crippen LogP contribution in [0.5, 0.6) is 0 Å². The molecule has 3 heteroatoms. The van der Waals surface area contributed by atoms with Gasteiger partial charge in [-0.25, -0.2) is 0 Å². The van der Waals surface area contributed by atoms with E-state index in [9.17, 15) is 4.79 Å². The second-order valence-electron chi connectivity index (χ2n) is 6.94. The van der Waals surface area contributed by atoms with Crippen LogP contribution in [-0.4, -0.2) is 24.7 Å². The van der Waals surface area contributed by atoms with Crippen LogP contribution in [0.25, 0.3) is 0 Å². The summed E-state index contributed by atoms with van der Waals surface area (Å²) in [5.74, 6) is 0.379. The smallest absolute Gasteiger partial charge is 0.323 e. The van der Waals surface area contributed by atoms with Crippen molar-refractivity contribution in [1.29, 1.82) is 0 Å². The van der Waals surface area contributed by atoms with Gasteiger partial charge < -0.3 is 4.74 Å². The number of esters is 1. The molecule has 0 radical (unpaired) electrons. The Balaban J connectivity index is 4.97. The minimum atomic E-state index is -0.269. The first kappa shape index (κ1) is 16.4. The molecule has 1 atom stereocenters. The van der Waals surface area contributed by atoms with Gasteiger partial charge in [0.25, 0.3) is 0 Å². The predicted octanol–water partition coefficient (Wildman–Crippen LogP) is 2.99. The third-order valence-corrected chi connectivity index (χ3v) is 2.73. The average Bonchev–Trinajstić information content (AvgIpc) is 2.09. The van der Waals surface area contributed by atoms with Crippen LogP contribution in [-0.2, 0) is 9.53 Å². The Bertz CT molecular complexity index is 251. The Morgan fingerprint density at radius 2 is 1.65 bits per heavy atom. The molecule has 0 aromatic rings. The summed E-state index contributed by atoms with van der Waals surface area (Å²) in [6, 6.07) is -0.269. The van der Waals surface area contributed by atoms with Crippen molar-refractivity contribution in [2.24, 2.45) is 11.3 Å². The quantitative estimate of drug-likeness (QED) is 0.754. The molecule has 0 bridgehead atoms. The van der Waals surface area contributed by atoms with E-state index >= 15 is 0 Å². The molecule has 0 saturated heterocycles. The Morgan fingerprint density at radius 3 is 1.94 bits per heavy atom. The monoisotopic (exact) mass is 243 g/mol. The second kappa shape index (κ2) is 5.85. The van der Waals surface area contributed by atoms with Gasteiger partial charge in [-0.15, -0.1) is 0 Å². The number of rotatable bonds is 5. The van der Waals surface area contributed by atoms with Crippen molar-refractivity contribution in [2.45, 2.75) is 66.5 Å². The van der Waals surface area contributed by atoms with Gasteiger partial charge in [0.2, 0.25) is 0 Å². The lowest BCUT2D eigenvalue weighted by Crippen LogP contribution is -2.55. The molecule has 1 N–H and O–H groups in total. The van der Waals surface area contributed by atoms with E-state index in [1.54, 1.807) is 0 Å². The molecular formula is C14H29NO2. The summed E-state index contributed by atoms with van der Waals surface area (Å²) >= 11 is 0. The predicted molar refractivity (Wildman–Crippen MR) is 71.9 cm³/mol. The standard InChI is InChI=1S/C14H29NO2/c1-10(2)9-14(6,7)11(12(16)17-8)15-13(3,4)5/h10-11,15H,9H2,1-8H3. The highest BCUT2D eigenvalue weighted by Gasteiger charge is 2.38. The highest BCUT2D eigenvalue weighted by Crippen LogP contribution is 2.31. The maximum absolute atomic E-state index is 11.9. The number of carbonyl (C=O) groups excluding carboxylic acids is 1. The van der Waals surface area contributed by atoms with Crippen LogP contribution in [0.2, 0.25) is 0 Å². The van der Waals surface area contributed by atoms with Crippen molar-refractivity contribution in [3.63, 3.8) is 0 Å². The summed E-state index contributed by atoms with van der Waals surface area (Å²) in [6.07, 6.45) is 0.982. The number of carbonyl (C=O) groups is 1. The molecule has 0 fully saturated rings. The van der Waals surface area contributed by atoms with E-state index in [-0.39, 0.29) is 23.0 Å². The molecule has 0 aliphatic carbocycles. The first-order valence-electron chi connectivity index (χ1n) is 6.35. The van der Waals surface area contributed by atoms with E-state index in [4.69, 9.17) is 4.74 Å². The van der Waals surface area contributed by atoms with Gasteiger partial charge in [0.05, 0.1) is 7.11 Å². The van der Waals surface area contributed by atoms with Gasteiger partial charge in [0.1, 0.15) is 6.04 Å². The Morgan fingerprint density at radius 1 is 1.18 bits per heavy atom. The third kappa shape index (κ3) is 6.06. The molecular weight excluding hydrogens is 214 g/mol. The highest BCUT2D eigenvalue weighted by molar-refractivity contribution is 5.76. The number of hydrogen-bond donors (Lipinski definition) is 1. The maximum Gasteiger partial charge on any atom is 0.323 e. The highest BCUT2D eigenvalue weighted by atomic mass is 16.5. The van der Waals surface area contributed by atoms with Gasteiger partial charge in [0, 0.05) is 5.54 Å². The molecule has 0 amide bonds. The lowest BCUT2D eigenvalue weighted by atomic mass is 9.76. The summed E-state index contributed by atoms with van der Waals surface area (Å²) in [5.41, 5.74) is -0.221. The summed E-state index contributed by atoms with van der Waals surface area (Å²) in [7, 11) is 1.45. The summed E-state index contributed by atoms with van der Waals surface area (Å²) in [5, 5.41) is 3.38. The average molecular weight is 243 g/mol. The minimum Gasteiger partial charge on any atom is -0.468 e. The molecule has 0 aromatic carbocycles. The van der Waals surface area contributed by atoms with Crippen LogP contribution in [0, 0.1) is 11.3 Å². The van der Waals surface area contributed by atoms with E-state index in [1.165, 1.54) is 7.11 Å². The van der Waals surface area contributed by atoms with Crippen LogP contribution in [0.4, 0.5) is 0 Å². The largest absolute Gasteiger partial charge is 0.468 e. The van der Waals surface area contributed by atoms with E-state index in [0.717, 1.165) is 6.42 Å². The van der Waals surface area contributed by atoms with Crippen molar-refractivity contribution in [1.82, 2.24) is 5.32 Å². The number of methoxy groups -OCH3 is 1. The molecule has 102 valence electrons. The number of hydrogen-bond acceptors (Lipinski definition) is 3. The zero-order valence-corrected chi connectivity index (χ0v) is 12.7. The van der Waals surface area contributed by atoms with Crippen molar-refractivity contribution < 1.29 is 9.53 Å². The van der Waals surface area contributed by atoms with E-state index in [0.29, 0.717) is 5.92 Å². The molecule has 0 rings (SSSR count). The topological polar surface area (TPSA) is 38.3 Å². The maximum atomic E-state index is 11.9. The van der Waals surface area contributed by atoms with Gasteiger partial charge in [0.15, 0.2) is 0 Å². The Kier molecular flexibility index (Phi) is 5.66. The first-order valence-corrected chi connectivity index (χ1v) is 6.35. The Labute approximate surface area is 106 Å². The lowest BCUT2D eigenvalue weighted by Gasteiger charge is -2.38. The van der Waals surface area contributed by atoms with Crippen molar-refractivity contribution in [3.8, 4) is 0 Å². The van der Waals surface area contributed by atoms with Crippen LogP contribution in [0.3, 0.4) is 0 Å². The molecule has 0 heterocycles. The molecule has 0 aliphatic rings.